The number of hydrogen-bond donors (Lipinski definition) is 0. The Bertz CT molecular complexity index is 394. The van der Waals surface area contributed by atoms with E-state index in [4.69, 9.17) is 23.2 Å². The maximum absolute atomic E-state index is 5.64. The molecule has 0 N–H and O–H groups in total. The first kappa shape index (κ1) is 13.1. The third-order valence-electron chi connectivity index (χ3n) is 1.99. The molecule has 2 aromatic carbocycles. The minimum absolute atomic E-state index is 0.801. The summed E-state index contributed by atoms with van der Waals surface area (Å²) in [5.74, 6) is 0. The fourth-order valence-electron chi connectivity index (χ4n) is 1.14. The van der Waals surface area contributed by atoms with Crippen LogP contribution in [0.15, 0.2) is 48.5 Å². The van der Waals surface area contributed by atoms with Crippen molar-refractivity contribution < 1.29 is 0 Å². The molecule has 2 rings (SSSR count). The van der Waals surface area contributed by atoms with Crippen LogP contribution >= 0.6 is 23.2 Å². The Kier molecular flexibility index (Phi) is 5.37. The zero-order valence-electron chi connectivity index (χ0n) is 9.37. The van der Waals surface area contributed by atoms with E-state index >= 15 is 0 Å². The summed E-state index contributed by atoms with van der Waals surface area (Å²) < 4.78 is 0. The van der Waals surface area contributed by atoms with Crippen LogP contribution in [-0.2, 0) is 0 Å². The zero-order chi connectivity index (χ0) is 12.0. The molecule has 0 aliphatic rings. The molecule has 0 nitrogen and oxygen atoms in total. The van der Waals surface area contributed by atoms with Crippen LogP contribution in [0.25, 0.3) is 0 Å². The predicted molar refractivity (Wildman–Crippen MR) is 72.4 cm³/mol. The molecule has 0 aliphatic heterocycles. The van der Waals surface area contributed by atoms with Crippen molar-refractivity contribution in [3.8, 4) is 0 Å². The Morgan fingerprint density at radius 2 is 1.31 bits per heavy atom. The van der Waals surface area contributed by atoms with Gasteiger partial charge in [0.25, 0.3) is 0 Å². The molecule has 0 saturated heterocycles. The minimum atomic E-state index is 0.801. The lowest BCUT2D eigenvalue weighted by atomic mass is 10.2. The third kappa shape index (κ3) is 5.20. The van der Waals surface area contributed by atoms with Crippen LogP contribution in [0.4, 0.5) is 0 Å². The standard InChI is InChI=1S/2C7H7Cl/c1-6-2-4-7(8)5-3-6;1-6-3-2-4-7(8)5-6/h2*2-5H,1H3. The van der Waals surface area contributed by atoms with Gasteiger partial charge in [-0.15, -0.1) is 0 Å². The van der Waals surface area contributed by atoms with Crippen molar-refractivity contribution in [3.05, 3.63) is 69.7 Å². The zero-order valence-corrected chi connectivity index (χ0v) is 10.9. The molecule has 16 heavy (non-hydrogen) atoms. The Labute approximate surface area is 107 Å². The summed E-state index contributed by atoms with van der Waals surface area (Å²) in [5, 5.41) is 1.61. The van der Waals surface area contributed by atoms with Gasteiger partial charge in [-0.3, -0.25) is 0 Å². The van der Waals surface area contributed by atoms with Crippen molar-refractivity contribution in [2.45, 2.75) is 13.8 Å². The number of aryl methyl sites for hydroxylation is 2. The van der Waals surface area contributed by atoms with Gasteiger partial charge >= 0.3 is 0 Å². The van der Waals surface area contributed by atoms with Crippen LogP contribution in [0.1, 0.15) is 11.1 Å². The smallest absolute Gasteiger partial charge is 0.0408 e. The summed E-state index contributed by atoms with van der Waals surface area (Å²) in [7, 11) is 0. The molecule has 2 aromatic rings. The number of hydrogen-bond acceptors (Lipinski definition) is 0. The molecule has 84 valence electrons. The molecule has 2 heteroatoms. The molecular weight excluding hydrogens is 239 g/mol. The Morgan fingerprint density at radius 1 is 0.688 bits per heavy atom. The molecule has 0 bridgehead atoms. The number of rotatable bonds is 0. The summed E-state index contributed by atoms with van der Waals surface area (Å²) >= 11 is 11.3. The summed E-state index contributed by atoms with van der Waals surface area (Å²) in [4.78, 5) is 0. The van der Waals surface area contributed by atoms with Crippen LogP contribution in [0.3, 0.4) is 0 Å². The van der Waals surface area contributed by atoms with E-state index in [1.807, 2.05) is 62.4 Å². The topological polar surface area (TPSA) is 0 Å². The third-order valence-corrected chi connectivity index (χ3v) is 2.48. The van der Waals surface area contributed by atoms with Gasteiger partial charge in [0.1, 0.15) is 0 Å². The fraction of sp³-hybridized carbons (Fsp3) is 0.143. The van der Waals surface area contributed by atoms with Gasteiger partial charge in [0.15, 0.2) is 0 Å². The monoisotopic (exact) mass is 252 g/mol. The second-order valence-corrected chi connectivity index (χ2v) is 4.47. The van der Waals surface area contributed by atoms with Crippen molar-refractivity contribution in [3.63, 3.8) is 0 Å². The molecule has 0 unspecified atom stereocenters. The summed E-state index contributed by atoms with van der Waals surface area (Å²) in [6, 6.07) is 15.5. The van der Waals surface area contributed by atoms with Gasteiger partial charge in [0.05, 0.1) is 0 Å². The van der Waals surface area contributed by atoms with Crippen LogP contribution in [0.2, 0.25) is 10.0 Å². The predicted octanol–water partition coefficient (Wildman–Crippen LogP) is 5.30. The molecule has 0 amide bonds. The molecule has 0 spiro atoms. The van der Waals surface area contributed by atoms with E-state index in [0.29, 0.717) is 0 Å². The highest BCUT2D eigenvalue weighted by Gasteiger charge is 1.83. The van der Waals surface area contributed by atoms with E-state index in [9.17, 15) is 0 Å². The Balaban J connectivity index is 0.000000160. The van der Waals surface area contributed by atoms with Crippen LogP contribution in [0.5, 0.6) is 0 Å². The van der Waals surface area contributed by atoms with E-state index in [1.165, 1.54) is 11.1 Å². The summed E-state index contributed by atoms with van der Waals surface area (Å²) in [5.41, 5.74) is 2.45. The van der Waals surface area contributed by atoms with Gasteiger partial charge in [0, 0.05) is 10.0 Å². The van der Waals surface area contributed by atoms with Gasteiger partial charge in [-0.05, 0) is 43.7 Å². The lowest BCUT2D eigenvalue weighted by molar-refractivity contribution is 1.47. The van der Waals surface area contributed by atoms with Crippen LogP contribution in [-0.4, -0.2) is 0 Å². The van der Waals surface area contributed by atoms with Crippen molar-refractivity contribution in [1.29, 1.82) is 0 Å². The summed E-state index contributed by atoms with van der Waals surface area (Å²) in [6.07, 6.45) is 0. The highest BCUT2D eigenvalue weighted by molar-refractivity contribution is 6.30. The van der Waals surface area contributed by atoms with E-state index < -0.39 is 0 Å². The largest absolute Gasteiger partial charge is 0.0843 e. The Hall–Kier alpha value is -0.980. The van der Waals surface area contributed by atoms with Crippen molar-refractivity contribution in [2.24, 2.45) is 0 Å². The average molecular weight is 253 g/mol. The van der Waals surface area contributed by atoms with E-state index in [2.05, 4.69) is 0 Å². The lowest BCUT2D eigenvalue weighted by Gasteiger charge is -1.88. The van der Waals surface area contributed by atoms with Crippen molar-refractivity contribution >= 4 is 23.2 Å². The summed E-state index contributed by atoms with van der Waals surface area (Å²) in [6.45, 7) is 4.06. The second-order valence-electron chi connectivity index (χ2n) is 3.59. The van der Waals surface area contributed by atoms with Gasteiger partial charge in [-0.1, -0.05) is 53.0 Å². The maximum Gasteiger partial charge on any atom is 0.0408 e. The molecule has 0 fully saturated rings. The maximum atomic E-state index is 5.64. The minimum Gasteiger partial charge on any atom is -0.0843 e. The van der Waals surface area contributed by atoms with E-state index in [-0.39, 0.29) is 0 Å². The second kappa shape index (κ2) is 6.57. The first-order chi connectivity index (χ1) is 7.58. The Morgan fingerprint density at radius 3 is 1.69 bits per heavy atom. The normalized spacial score (nSPS) is 9.25. The number of halogens is 2. The SMILES string of the molecule is Cc1ccc(Cl)cc1.Cc1cccc(Cl)c1. The van der Waals surface area contributed by atoms with E-state index in [0.717, 1.165) is 10.0 Å². The molecule has 0 saturated carbocycles. The quantitative estimate of drug-likeness (QED) is 0.597. The van der Waals surface area contributed by atoms with Crippen LogP contribution < -0.4 is 0 Å². The van der Waals surface area contributed by atoms with Crippen LogP contribution in [0, 0.1) is 13.8 Å². The van der Waals surface area contributed by atoms with Gasteiger partial charge < -0.3 is 0 Å². The molecule has 0 aliphatic carbocycles. The fourth-order valence-corrected chi connectivity index (χ4v) is 1.51. The highest BCUT2D eigenvalue weighted by atomic mass is 35.5. The number of benzene rings is 2. The molecule has 0 atom stereocenters. The average Bonchev–Trinajstić information content (AvgIpc) is 2.23. The molecular formula is C14H14Cl2. The first-order valence-electron chi connectivity index (χ1n) is 5.02. The molecule has 0 aromatic heterocycles. The highest BCUT2D eigenvalue weighted by Crippen LogP contribution is 2.08. The lowest BCUT2D eigenvalue weighted by Crippen LogP contribution is -1.66. The first-order valence-corrected chi connectivity index (χ1v) is 5.78. The van der Waals surface area contributed by atoms with Crippen molar-refractivity contribution in [1.82, 2.24) is 0 Å². The van der Waals surface area contributed by atoms with Crippen molar-refractivity contribution in [2.75, 3.05) is 0 Å². The van der Waals surface area contributed by atoms with Gasteiger partial charge in [0.2, 0.25) is 0 Å². The molecule has 0 radical (unpaired) electrons. The van der Waals surface area contributed by atoms with Gasteiger partial charge in [-0.2, -0.15) is 0 Å². The van der Waals surface area contributed by atoms with E-state index in [1.54, 1.807) is 0 Å². The van der Waals surface area contributed by atoms with Gasteiger partial charge in [-0.25, -0.2) is 0 Å². The molecule has 0 heterocycles.